The van der Waals surface area contributed by atoms with Gasteiger partial charge in [0.15, 0.2) is 0 Å². The molecule has 1 aliphatic carbocycles. The van der Waals surface area contributed by atoms with E-state index in [4.69, 9.17) is 10.2 Å². The number of likely N-dealkylation sites (tertiary alicyclic amines) is 1. The Labute approximate surface area is 222 Å². The van der Waals surface area contributed by atoms with Gasteiger partial charge in [-0.2, -0.15) is 5.26 Å². The molecule has 38 heavy (non-hydrogen) atoms. The molecule has 9 heteroatoms. The number of fused-ring (bicyclic) bond motifs is 1. The monoisotopic (exact) mass is 514 g/mol. The number of carbonyl (C=O) groups is 2. The molecule has 1 unspecified atom stereocenters. The minimum Gasteiger partial charge on any atom is -0.392 e. The maximum absolute atomic E-state index is 13.0. The average Bonchev–Trinajstić information content (AvgIpc) is 3.67. The number of benzene rings is 2. The highest BCUT2D eigenvalue weighted by atomic mass is 16.3. The van der Waals surface area contributed by atoms with Gasteiger partial charge in [0, 0.05) is 50.9 Å². The number of nitriles is 1. The summed E-state index contributed by atoms with van der Waals surface area (Å²) in [7, 11) is 1.81. The van der Waals surface area contributed by atoms with Crippen molar-refractivity contribution in [2.24, 2.45) is 5.92 Å². The van der Waals surface area contributed by atoms with Gasteiger partial charge in [-0.25, -0.2) is 4.98 Å². The predicted octanol–water partition coefficient (Wildman–Crippen LogP) is 3.77. The first-order valence-electron chi connectivity index (χ1n) is 13.4. The molecule has 0 spiro atoms. The molecule has 198 valence electrons. The average molecular weight is 515 g/mol. The maximum Gasteiger partial charge on any atom is 0.257 e. The Morgan fingerprint density at radius 1 is 1.13 bits per heavy atom. The molecular formula is C29H34N6O3. The minimum absolute atomic E-state index is 0.109. The largest absolute Gasteiger partial charge is 0.392 e. The molecule has 1 saturated heterocycles. The quantitative estimate of drug-likeness (QED) is 0.473. The van der Waals surface area contributed by atoms with Gasteiger partial charge in [0.2, 0.25) is 11.9 Å². The highest BCUT2D eigenvalue weighted by Crippen LogP contribution is 2.30. The fraction of sp³-hybridized carbons (Fsp3) is 0.448. The van der Waals surface area contributed by atoms with Crippen LogP contribution >= 0.6 is 0 Å². The number of hydrogen-bond donors (Lipinski definition) is 2. The molecular weight excluding hydrogens is 480 g/mol. The number of nitrogens with zero attached hydrogens (tertiary/aromatic N) is 5. The van der Waals surface area contributed by atoms with E-state index in [-0.39, 0.29) is 17.9 Å². The smallest absolute Gasteiger partial charge is 0.257 e. The van der Waals surface area contributed by atoms with Gasteiger partial charge in [0.25, 0.3) is 5.91 Å². The van der Waals surface area contributed by atoms with E-state index in [1.807, 2.05) is 29.8 Å². The predicted molar refractivity (Wildman–Crippen MR) is 146 cm³/mol. The third-order valence-electron chi connectivity index (χ3n) is 7.82. The van der Waals surface area contributed by atoms with E-state index in [2.05, 4.69) is 16.3 Å². The van der Waals surface area contributed by atoms with Gasteiger partial charge in [-0.1, -0.05) is 12.8 Å². The van der Waals surface area contributed by atoms with E-state index >= 15 is 0 Å². The van der Waals surface area contributed by atoms with Gasteiger partial charge in [-0.05, 0) is 67.6 Å². The van der Waals surface area contributed by atoms with Gasteiger partial charge in [-0.3, -0.25) is 19.8 Å². The van der Waals surface area contributed by atoms with E-state index in [0.717, 1.165) is 37.0 Å². The zero-order chi connectivity index (χ0) is 26.6. The number of imidazole rings is 1. The molecule has 5 rings (SSSR count). The van der Waals surface area contributed by atoms with Gasteiger partial charge in [0.05, 0.1) is 28.8 Å². The Bertz CT molecular complexity index is 1350. The van der Waals surface area contributed by atoms with Crippen molar-refractivity contribution in [3.8, 4) is 6.07 Å². The molecule has 1 aliphatic heterocycles. The molecule has 1 atom stereocenters. The second kappa shape index (κ2) is 11.3. The number of β-amino-alcohol motifs (C(OH)–C–C–N with tert-alkyl or cyclic N) is 1. The third kappa shape index (κ3) is 5.72. The molecule has 2 heterocycles. The Hall–Kier alpha value is -3.74. The highest BCUT2D eigenvalue weighted by molar-refractivity contribution is 6.04. The summed E-state index contributed by atoms with van der Waals surface area (Å²) in [5.74, 6) is 0.691. The van der Waals surface area contributed by atoms with Crippen molar-refractivity contribution >= 4 is 34.5 Å². The zero-order valence-electron chi connectivity index (χ0n) is 21.8. The summed E-state index contributed by atoms with van der Waals surface area (Å²) >= 11 is 0. The van der Waals surface area contributed by atoms with Crippen LogP contribution in [0.25, 0.3) is 11.0 Å². The minimum atomic E-state index is -0.313. The van der Waals surface area contributed by atoms with Crippen molar-refractivity contribution in [1.29, 1.82) is 5.26 Å². The Balaban J connectivity index is 1.40. The molecule has 0 bridgehead atoms. The number of amides is 2. The summed E-state index contributed by atoms with van der Waals surface area (Å²) in [5, 5.41) is 21.9. The maximum atomic E-state index is 13.0. The normalized spacial score (nSPS) is 18.1. The van der Waals surface area contributed by atoms with Gasteiger partial charge in [0.1, 0.15) is 0 Å². The lowest BCUT2D eigenvalue weighted by Gasteiger charge is -2.20. The SMILES string of the molecule is CN(C(=O)CC1CCCC1)c1ccc2c(c1)nc(NC(=O)c1ccc(C#N)cc1)n2CCN1CCC(O)C1. The second-order valence-electron chi connectivity index (χ2n) is 10.5. The Morgan fingerprint density at radius 2 is 1.89 bits per heavy atom. The molecule has 1 saturated carbocycles. The van der Waals surface area contributed by atoms with Crippen molar-refractivity contribution in [2.75, 3.05) is 36.9 Å². The Morgan fingerprint density at radius 3 is 2.58 bits per heavy atom. The highest BCUT2D eigenvalue weighted by Gasteiger charge is 2.23. The summed E-state index contributed by atoms with van der Waals surface area (Å²) in [6, 6.07) is 14.3. The van der Waals surface area contributed by atoms with E-state index in [1.165, 1.54) is 12.8 Å². The third-order valence-corrected chi connectivity index (χ3v) is 7.82. The van der Waals surface area contributed by atoms with Gasteiger partial charge >= 0.3 is 0 Å². The number of aromatic nitrogens is 2. The number of hydrogen-bond acceptors (Lipinski definition) is 6. The Kier molecular flexibility index (Phi) is 7.72. The summed E-state index contributed by atoms with van der Waals surface area (Å²) in [6.07, 6.45) is 5.69. The fourth-order valence-corrected chi connectivity index (χ4v) is 5.52. The molecule has 2 fully saturated rings. The van der Waals surface area contributed by atoms with E-state index in [0.29, 0.717) is 54.6 Å². The van der Waals surface area contributed by atoms with Crippen molar-refractivity contribution in [3.05, 3.63) is 53.6 Å². The lowest BCUT2D eigenvalue weighted by Crippen LogP contribution is -2.27. The topological polar surface area (TPSA) is 114 Å². The second-order valence-corrected chi connectivity index (χ2v) is 10.5. The molecule has 2 N–H and O–H groups in total. The van der Waals surface area contributed by atoms with Gasteiger partial charge < -0.3 is 14.6 Å². The first-order chi connectivity index (χ1) is 18.4. The molecule has 1 aromatic heterocycles. The van der Waals surface area contributed by atoms with Gasteiger partial charge in [-0.15, -0.1) is 0 Å². The number of aliphatic hydroxyl groups excluding tert-OH is 1. The number of aliphatic hydroxyl groups is 1. The molecule has 2 amide bonds. The number of anilines is 2. The first-order valence-corrected chi connectivity index (χ1v) is 13.4. The zero-order valence-corrected chi connectivity index (χ0v) is 21.8. The van der Waals surface area contributed by atoms with Crippen LogP contribution in [0.5, 0.6) is 0 Å². The van der Waals surface area contributed by atoms with E-state index in [9.17, 15) is 14.7 Å². The van der Waals surface area contributed by atoms with Crippen molar-refractivity contribution in [2.45, 2.75) is 51.2 Å². The van der Waals surface area contributed by atoms with Crippen LogP contribution < -0.4 is 10.2 Å². The summed E-state index contributed by atoms with van der Waals surface area (Å²) in [6.45, 7) is 2.77. The lowest BCUT2D eigenvalue weighted by molar-refractivity contribution is -0.119. The van der Waals surface area contributed by atoms with Crippen LogP contribution in [0.2, 0.25) is 0 Å². The van der Waals surface area contributed by atoms with Crippen LogP contribution in [0.3, 0.4) is 0 Å². The lowest BCUT2D eigenvalue weighted by atomic mass is 10.0. The van der Waals surface area contributed by atoms with E-state index in [1.54, 1.807) is 29.2 Å². The van der Waals surface area contributed by atoms with Crippen LogP contribution in [0.1, 0.15) is 54.4 Å². The van der Waals surface area contributed by atoms with Crippen LogP contribution in [0.4, 0.5) is 11.6 Å². The molecule has 3 aromatic rings. The molecule has 9 nitrogen and oxygen atoms in total. The fourth-order valence-electron chi connectivity index (χ4n) is 5.52. The first kappa shape index (κ1) is 25.9. The van der Waals surface area contributed by atoms with Crippen molar-refractivity contribution in [1.82, 2.24) is 14.5 Å². The summed E-state index contributed by atoms with van der Waals surface area (Å²) in [5.41, 5.74) is 3.25. The van der Waals surface area contributed by atoms with Crippen LogP contribution in [0.15, 0.2) is 42.5 Å². The van der Waals surface area contributed by atoms with Crippen LogP contribution in [-0.2, 0) is 11.3 Å². The number of rotatable bonds is 8. The van der Waals surface area contributed by atoms with Crippen LogP contribution in [0, 0.1) is 17.2 Å². The molecule has 2 aromatic carbocycles. The van der Waals surface area contributed by atoms with Crippen molar-refractivity contribution in [3.63, 3.8) is 0 Å². The van der Waals surface area contributed by atoms with E-state index < -0.39 is 0 Å². The summed E-state index contributed by atoms with van der Waals surface area (Å²) < 4.78 is 1.98. The van der Waals surface area contributed by atoms with Crippen molar-refractivity contribution < 1.29 is 14.7 Å². The molecule has 0 radical (unpaired) electrons. The number of carbonyl (C=O) groups excluding carboxylic acids is 2. The number of nitrogens with one attached hydrogen (secondary N) is 1. The summed E-state index contributed by atoms with van der Waals surface area (Å²) in [4.78, 5) is 34.6. The van der Waals surface area contributed by atoms with Crippen LogP contribution in [-0.4, -0.2) is 64.2 Å². The molecule has 2 aliphatic rings. The standard InChI is InChI=1S/C29H34N6O3/c1-33(27(37)16-20-4-2-3-5-20)23-10-11-26-25(17-23)31-29(35(26)15-14-34-13-12-24(36)19-34)32-28(38)22-8-6-21(18-30)7-9-22/h6-11,17,20,24,36H,2-5,12-16,19H2,1H3,(H,31,32,38).